The summed E-state index contributed by atoms with van der Waals surface area (Å²) in [5.41, 5.74) is 0. The first kappa shape index (κ1) is 12.0. The van der Waals surface area contributed by atoms with E-state index in [1.54, 1.807) is 0 Å². The lowest BCUT2D eigenvalue weighted by Gasteiger charge is -2.05. The van der Waals surface area contributed by atoms with Crippen LogP contribution in [-0.2, 0) is 0 Å². The highest BCUT2D eigenvalue weighted by atomic mass is 15.0. The van der Waals surface area contributed by atoms with Crippen LogP contribution < -0.4 is 10.6 Å². The molecule has 0 saturated heterocycles. The lowest BCUT2D eigenvalue weighted by atomic mass is 10.1. The first-order chi connectivity index (χ1) is 6.93. The topological polar surface area (TPSA) is 24.1 Å². The van der Waals surface area contributed by atoms with E-state index in [-0.39, 0.29) is 0 Å². The van der Waals surface area contributed by atoms with Crippen LogP contribution >= 0.6 is 0 Å². The van der Waals surface area contributed by atoms with Gasteiger partial charge in [0.1, 0.15) is 0 Å². The van der Waals surface area contributed by atoms with Crippen molar-refractivity contribution in [3.05, 3.63) is 0 Å². The van der Waals surface area contributed by atoms with Crippen LogP contribution in [-0.4, -0.2) is 25.7 Å². The van der Waals surface area contributed by atoms with E-state index in [1.165, 1.54) is 51.5 Å². The molecule has 1 aliphatic carbocycles. The Morgan fingerprint density at radius 2 is 1.71 bits per heavy atom. The lowest BCUT2D eigenvalue weighted by Crippen LogP contribution is -2.29. The second-order valence-electron chi connectivity index (χ2n) is 4.39. The Morgan fingerprint density at radius 1 is 0.929 bits per heavy atom. The van der Waals surface area contributed by atoms with E-state index in [1.807, 2.05) is 0 Å². The van der Waals surface area contributed by atoms with Gasteiger partial charge in [-0.15, -0.1) is 0 Å². The van der Waals surface area contributed by atoms with Gasteiger partial charge < -0.3 is 10.6 Å². The summed E-state index contributed by atoms with van der Waals surface area (Å²) in [6, 6.07) is 0.862. The van der Waals surface area contributed by atoms with Crippen molar-refractivity contribution in [2.24, 2.45) is 0 Å². The predicted octanol–water partition coefficient (Wildman–Crippen LogP) is 2.30. The Morgan fingerprint density at radius 3 is 2.43 bits per heavy atom. The molecule has 1 aliphatic rings. The Kier molecular flexibility index (Phi) is 7.06. The minimum atomic E-state index is 0.862. The molecule has 0 spiro atoms. The fraction of sp³-hybridized carbons (Fsp3) is 1.00. The SMILES string of the molecule is CCCCCCCNCCNC1CC1. The minimum Gasteiger partial charge on any atom is -0.315 e. The largest absolute Gasteiger partial charge is 0.315 e. The molecule has 0 aromatic carbocycles. The van der Waals surface area contributed by atoms with Crippen molar-refractivity contribution in [3.63, 3.8) is 0 Å². The molecular formula is C12H26N2. The Hall–Kier alpha value is -0.0800. The van der Waals surface area contributed by atoms with E-state index in [0.29, 0.717) is 0 Å². The number of hydrogen-bond donors (Lipinski definition) is 2. The van der Waals surface area contributed by atoms with Crippen LogP contribution in [0.1, 0.15) is 51.9 Å². The Bertz CT molecular complexity index is 121. The fourth-order valence-corrected chi connectivity index (χ4v) is 1.63. The molecule has 0 aromatic heterocycles. The van der Waals surface area contributed by atoms with Crippen LogP contribution in [0.2, 0.25) is 0 Å². The molecule has 2 nitrogen and oxygen atoms in total. The highest BCUT2D eigenvalue weighted by Gasteiger charge is 2.19. The smallest absolute Gasteiger partial charge is 0.00793 e. The van der Waals surface area contributed by atoms with Crippen molar-refractivity contribution in [2.45, 2.75) is 57.9 Å². The predicted molar refractivity (Wildman–Crippen MR) is 62.7 cm³/mol. The average molecular weight is 198 g/mol. The van der Waals surface area contributed by atoms with Crippen LogP contribution in [0, 0.1) is 0 Å². The summed E-state index contributed by atoms with van der Waals surface area (Å²) >= 11 is 0. The highest BCUT2D eigenvalue weighted by molar-refractivity contribution is 4.80. The van der Waals surface area contributed by atoms with Crippen molar-refractivity contribution in [2.75, 3.05) is 19.6 Å². The van der Waals surface area contributed by atoms with E-state index in [9.17, 15) is 0 Å². The molecule has 0 amide bonds. The summed E-state index contributed by atoms with van der Waals surface area (Å²) in [5, 5.41) is 6.99. The van der Waals surface area contributed by atoms with Crippen LogP contribution in [0.25, 0.3) is 0 Å². The van der Waals surface area contributed by atoms with Crippen molar-refractivity contribution in [3.8, 4) is 0 Å². The third-order valence-corrected chi connectivity index (χ3v) is 2.77. The van der Waals surface area contributed by atoms with Crippen LogP contribution in [0.5, 0.6) is 0 Å². The van der Waals surface area contributed by atoms with Gasteiger partial charge in [-0.05, 0) is 25.8 Å². The molecular weight excluding hydrogens is 172 g/mol. The quantitative estimate of drug-likeness (QED) is 0.526. The maximum absolute atomic E-state index is 3.51. The van der Waals surface area contributed by atoms with Gasteiger partial charge in [-0.2, -0.15) is 0 Å². The van der Waals surface area contributed by atoms with Gasteiger partial charge in [0.2, 0.25) is 0 Å². The van der Waals surface area contributed by atoms with E-state index in [2.05, 4.69) is 17.6 Å². The zero-order chi connectivity index (χ0) is 10.1. The minimum absolute atomic E-state index is 0.862. The molecule has 0 bridgehead atoms. The van der Waals surface area contributed by atoms with Gasteiger partial charge >= 0.3 is 0 Å². The molecule has 0 aromatic rings. The normalized spacial score (nSPS) is 16.1. The third kappa shape index (κ3) is 7.34. The molecule has 2 N–H and O–H groups in total. The standard InChI is InChI=1S/C12H26N2/c1-2-3-4-5-6-9-13-10-11-14-12-7-8-12/h12-14H,2-11H2,1H3. The fourth-order valence-electron chi connectivity index (χ4n) is 1.63. The number of hydrogen-bond acceptors (Lipinski definition) is 2. The van der Waals surface area contributed by atoms with Gasteiger partial charge in [0.25, 0.3) is 0 Å². The van der Waals surface area contributed by atoms with Crippen molar-refractivity contribution in [1.82, 2.24) is 10.6 Å². The summed E-state index contributed by atoms with van der Waals surface area (Å²) in [6.07, 6.45) is 9.72. The molecule has 0 unspecified atom stereocenters. The third-order valence-electron chi connectivity index (χ3n) is 2.77. The van der Waals surface area contributed by atoms with Gasteiger partial charge in [-0.25, -0.2) is 0 Å². The van der Waals surface area contributed by atoms with Gasteiger partial charge in [0.05, 0.1) is 0 Å². The molecule has 1 saturated carbocycles. The van der Waals surface area contributed by atoms with E-state index >= 15 is 0 Å². The molecule has 0 atom stereocenters. The zero-order valence-corrected chi connectivity index (χ0v) is 9.65. The second kappa shape index (κ2) is 8.25. The molecule has 0 aliphatic heterocycles. The summed E-state index contributed by atoms with van der Waals surface area (Å²) in [5.74, 6) is 0. The van der Waals surface area contributed by atoms with Crippen molar-refractivity contribution in [1.29, 1.82) is 0 Å². The molecule has 2 heteroatoms. The summed E-state index contributed by atoms with van der Waals surface area (Å²) in [4.78, 5) is 0. The maximum atomic E-state index is 3.51. The van der Waals surface area contributed by atoms with E-state index < -0.39 is 0 Å². The van der Waals surface area contributed by atoms with Crippen molar-refractivity contribution >= 4 is 0 Å². The summed E-state index contributed by atoms with van der Waals surface area (Å²) in [7, 11) is 0. The van der Waals surface area contributed by atoms with Crippen molar-refractivity contribution < 1.29 is 0 Å². The number of nitrogens with one attached hydrogen (secondary N) is 2. The lowest BCUT2D eigenvalue weighted by molar-refractivity contribution is 0.563. The van der Waals surface area contributed by atoms with E-state index in [4.69, 9.17) is 0 Å². The van der Waals surface area contributed by atoms with Crippen LogP contribution in [0.3, 0.4) is 0 Å². The Labute approximate surface area is 88.8 Å². The average Bonchev–Trinajstić information content (AvgIpc) is 2.99. The number of rotatable bonds is 10. The molecule has 14 heavy (non-hydrogen) atoms. The summed E-state index contributed by atoms with van der Waals surface area (Å²) in [6.45, 7) is 5.77. The molecule has 84 valence electrons. The Balaban J connectivity index is 1.63. The first-order valence-corrected chi connectivity index (χ1v) is 6.37. The maximum Gasteiger partial charge on any atom is 0.00793 e. The molecule has 0 radical (unpaired) electrons. The summed E-state index contributed by atoms with van der Waals surface area (Å²) < 4.78 is 0. The molecule has 0 heterocycles. The van der Waals surface area contributed by atoms with Crippen LogP contribution in [0.15, 0.2) is 0 Å². The van der Waals surface area contributed by atoms with Gasteiger partial charge in [-0.3, -0.25) is 0 Å². The highest BCUT2D eigenvalue weighted by Crippen LogP contribution is 2.17. The van der Waals surface area contributed by atoms with Gasteiger partial charge in [0, 0.05) is 19.1 Å². The van der Waals surface area contributed by atoms with E-state index in [0.717, 1.165) is 19.1 Å². The zero-order valence-electron chi connectivity index (χ0n) is 9.65. The first-order valence-electron chi connectivity index (χ1n) is 6.37. The van der Waals surface area contributed by atoms with Gasteiger partial charge in [0.15, 0.2) is 0 Å². The van der Waals surface area contributed by atoms with Gasteiger partial charge in [-0.1, -0.05) is 32.6 Å². The molecule has 1 rings (SSSR count). The second-order valence-corrected chi connectivity index (χ2v) is 4.39. The molecule has 1 fully saturated rings. The van der Waals surface area contributed by atoms with Crippen LogP contribution in [0.4, 0.5) is 0 Å². The monoisotopic (exact) mass is 198 g/mol. The number of unbranched alkanes of at least 4 members (excludes halogenated alkanes) is 4.